The highest BCUT2D eigenvalue weighted by Crippen LogP contribution is 2.30. The molecule has 4 nitrogen and oxygen atoms in total. The summed E-state index contributed by atoms with van der Waals surface area (Å²) >= 11 is 0. The summed E-state index contributed by atoms with van der Waals surface area (Å²) in [5.41, 5.74) is -0.681. The molecule has 1 rings (SSSR count). The van der Waals surface area contributed by atoms with Crippen molar-refractivity contribution in [3.8, 4) is 0 Å². The van der Waals surface area contributed by atoms with Gasteiger partial charge in [-0.15, -0.1) is 0 Å². The van der Waals surface area contributed by atoms with Crippen LogP contribution in [0.25, 0.3) is 0 Å². The quantitative estimate of drug-likeness (QED) is 0.889. The van der Waals surface area contributed by atoms with Crippen molar-refractivity contribution in [2.24, 2.45) is 0 Å². The van der Waals surface area contributed by atoms with E-state index in [0.29, 0.717) is 0 Å². The molecule has 1 atom stereocenters. The Kier molecular flexibility index (Phi) is 5.17. The molecule has 1 aromatic carbocycles. The molecule has 0 radical (unpaired) electrons. The maximum Gasteiger partial charge on any atom is 0.416 e. The summed E-state index contributed by atoms with van der Waals surface area (Å²) in [5.74, 6) is 0. The summed E-state index contributed by atoms with van der Waals surface area (Å²) in [5, 5.41) is 11.4. The first kappa shape index (κ1) is 15.3. The molecule has 7 heteroatoms. The Morgan fingerprint density at radius 1 is 1.47 bits per heavy atom. The Morgan fingerprint density at radius 3 is 2.68 bits per heavy atom. The molecule has 0 aliphatic carbocycles. The Balaban J connectivity index is 2.90. The van der Waals surface area contributed by atoms with Crippen LogP contribution in [-0.2, 0) is 10.9 Å². The fourth-order valence-electron chi connectivity index (χ4n) is 1.48. The number of halogens is 3. The van der Waals surface area contributed by atoms with Crippen LogP contribution in [-0.4, -0.2) is 24.4 Å². The summed E-state index contributed by atoms with van der Waals surface area (Å²) in [6, 6.07) is 3.46. The zero-order valence-corrected chi connectivity index (χ0v) is 10.2. The van der Waals surface area contributed by atoms with Crippen LogP contribution in [0.4, 0.5) is 18.0 Å². The number of alkyl halides is 3. The molecule has 0 heterocycles. The third kappa shape index (κ3) is 4.44. The van der Waals surface area contributed by atoms with Crippen molar-refractivity contribution in [1.82, 2.24) is 5.32 Å². The minimum absolute atomic E-state index is 0.132. The molecule has 0 aliphatic rings. The normalized spacial score (nSPS) is 12.9. The lowest BCUT2D eigenvalue weighted by molar-refractivity contribution is -0.137. The van der Waals surface area contributed by atoms with Crippen LogP contribution in [0, 0.1) is 0 Å². The van der Waals surface area contributed by atoms with Crippen LogP contribution in [0.15, 0.2) is 24.3 Å². The third-order valence-corrected chi connectivity index (χ3v) is 2.37. The topological polar surface area (TPSA) is 58.6 Å². The van der Waals surface area contributed by atoms with Gasteiger partial charge in [-0.1, -0.05) is 12.1 Å². The predicted octanol–water partition coefficient (Wildman–Crippen LogP) is 2.48. The molecule has 0 aliphatic heterocycles. The molecule has 0 spiro atoms. The van der Waals surface area contributed by atoms with Gasteiger partial charge in [0.15, 0.2) is 0 Å². The van der Waals surface area contributed by atoms with E-state index in [-0.39, 0.29) is 12.2 Å². The van der Waals surface area contributed by atoms with Crippen LogP contribution >= 0.6 is 0 Å². The lowest BCUT2D eigenvalue weighted by atomic mass is 10.0. The molecule has 0 saturated carbocycles. The Morgan fingerprint density at radius 2 is 2.16 bits per heavy atom. The van der Waals surface area contributed by atoms with Gasteiger partial charge in [0.05, 0.1) is 24.8 Å². The molecular formula is C12H14F3NO3. The van der Waals surface area contributed by atoms with Crippen molar-refractivity contribution >= 4 is 6.09 Å². The van der Waals surface area contributed by atoms with E-state index in [1.54, 1.807) is 6.92 Å². The number of ether oxygens (including phenoxy) is 1. The fourth-order valence-corrected chi connectivity index (χ4v) is 1.48. The number of nitrogens with one attached hydrogen (secondary N) is 1. The van der Waals surface area contributed by atoms with Crippen LogP contribution in [0.5, 0.6) is 0 Å². The number of carbonyl (C=O) groups excluding carboxylic acids is 1. The van der Waals surface area contributed by atoms with Crippen molar-refractivity contribution in [2.45, 2.75) is 19.1 Å². The Bertz CT molecular complexity index is 434. The highest BCUT2D eigenvalue weighted by molar-refractivity contribution is 5.67. The zero-order chi connectivity index (χ0) is 14.5. The van der Waals surface area contributed by atoms with Crippen molar-refractivity contribution < 1.29 is 27.8 Å². The van der Waals surface area contributed by atoms with Gasteiger partial charge < -0.3 is 15.2 Å². The molecular weight excluding hydrogens is 263 g/mol. The van der Waals surface area contributed by atoms with E-state index >= 15 is 0 Å². The number of amides is 1. The molecule has 2 N–H and O–H groups in total. The van der Waals surface area contributed by atoms with Crippen LogP contribution in [0.1, 0.15) is 24.1 Å². The van der Waals surface area contributed by atoms with Gasteiger partial charge in [0.2, 0.25) is 0 Å². The van der Waals surface area contributed by atoms with Crippen LogP contribution < -0.4 is 5.32 Å². The summed E-state index contributed by atoms with van der Waals surface area (Å²) in [6.07, 6.45) is -5.26. The van der Waals surface area contributed by atoms with Gasteiger partial charge in [-0.2, -0.15) is 13.2 Å². The highest BCUT2D eigenvalue weighted by Gasteiger charge is 2.31. The molecule has 1 aromatic rings. The number of alkyl carbamates (subject to hydrolysis) is 1. The van der Waals surface area contributed by atoms with Crippen molar-refractivity contribution in [3.63, 3.8) is 0 Å². The van der Waals surface area contributed by atoms with E-state index in [4.69, 9.17) is 5.11 Å². The first-order valence-corrected chi connectivity index (χ1v) is 5.59. The smallest absolute Gasteiger partial charge is 0.416 e. The van der Waals surface area contributed by atoms with Crippen molar-refractivity contribution in [3.05, 3.63) is 35.4 Å². The molecule has 0 bridgehead atoms. The fraction of sp³-hybridized carbons (Fsp3) is 0.417. The second-order valence-electron chi connectivity index (χ2n) is 3.72. The largest absolute Gasteiger partial charge is 0.450 e. The van der Waals surface area contributed by atoms with E-state index in [1.165, 1.54) is 12.1 Å². The summed E-state index contributed by atoms with van der Waals surface area (Å²) in [7, 11) is 0. The second kappa shape index (κ2) is 6.42. The Labute approximate surface area is 108 Å². The average Bonchev–Trinajstić information content (AvgIpc) is 2.35. The van der Waals surface area contributed by atoms with Crippen molar-refractivity contribution in [2.75, 3.05) is 13.2 Å². The third-order valence-electron chi connectivity index (χ3n) is 2.37. The molecule has 1 amide bonds. The van der Waals surface area contributed by atoms with Gasteiger partial charge in [0.1, 0.15) is 0 Å². The van der Waals surface area contributed by atoms with Gasteiger partial charge in [0, 0.05) is 0 Å². The lowest BCUT2D eigenvalue weighted by Gasteiger charge is -2.17. The van der Waals surface area contributed by atoms with E-state index < -0.39 is 30.5 Å². The predicted molar refractivity (Wildman–Crippen MR) is 61.4 cm³/mol. The first-order chi connectivity index (χ1) is 8.88. The summed E-state index contributed by atoms with van der Waals surface area (Å²) in [4.78, 5) is 11.2. The second-order valence-corrected chi connectivity index (χ2v) is 3.72. The van der Waals surface area contributed by atoms with Gasteiger partial charge in [0.25, 0.3) is 0 Å². The number of hydrogen-bond acceptors (Lipinski definition) is 3. The van der Waals surface area contributed by atoms with Gasteiger partial charge >= 0.3 is 12.3 Å². The lowest BCUT2D eigenvalue weighted by Crippen LogP contribution is -2.31. The van der Waals surface area contributed by atoms with E-state index in [1.807, 2.05) is 0 Å². The van der Waals surface area contributed by atoms with Crippen molar-refractivity contribution in [1.29, 1.82) is 0 Å². The number of benzene rings is 1. The number of aliphatic hydroxyl groups is 1. The first-order valence-electron chi connectivity index (χ1n) is 5.59. The van der Waals surface area contributed by atoms with E-state index in [0.717, 1.165) is 12.1 Å². The van der Waals surface area contributed by atoms with Gasteiger partial charge in [-0.3, -0.25) is 0 Å². The maximum absolute atomic E-state index is 12.5. The zero-order valence-electron chi connectivity index (χ0n) is 10.2. The summed E-state index contributed by atoms with van der Waals surface area (Å²) < 4.78 is 42.2. The van der Waals surface area contributed by atoms with Crippen LogP contribution in [0.2, 0.25) is 0 Å². The maximum atomic E-state index is 12.5. The molecule has 0 saturated heterocycles. The van der Waals surface area contributed by atoms with E-state index in [2.05, 4.69) is 10.1 Å². The standard InChI is InChI=1S/C12H14F3NO3/c1-2-19-11(18)16-10(7-17)8-4-3-5-9(6-8)12(13,14)15/h3-6,10,17H,2,7H2,1H3,(H,16,18). The molecule has 0 aromatic heterocycles. The molecule has 19 heavy (non-hydrogen) atoms. The van der Waals surface area contributed by atoms with Gasteiger partial charge in [-0.05, 0) is 24.6 Å². The van der Waals surface area contributed by atoms with Gasteiger partial charge in [-0.25, -0.2) is 4.79 Å². The monoisotopic (exact) mass is 277 g/mol. The molecule has 0 fully saturated rings. The Hall–Kier alpha value is -1.76. The number of rotatable bonds is 4. The summed E-state index contributed by atoms with van der Waals surface area (Å²) in [6.45, 7) is 1.20. The highest BCUT2D eigenvalue weighted by atomic mass is 19.4. The SMILES string of the molecule is CCOC(=O)NC(CO)c1cccc(C(F)(F)F)c1. The average molecular weight is 277 g/mol. The number of carbonyl (C=O) groups is 1. The number of aliphatic hydroxyl groups excluding tert-OH is 1. The minimum Gasteiger partial charge on any atom is -0.450 e. The minimum atomic E-state index is -4.47. The number of hydrogen-bond donors (Lipinski definition) is 2. The van der Waals surface area contributed by atoms with Crippen LogP contribution in [0.3, 0.4) is 0 Å². The molecule has 106 valence electrons. The molecule has 1 unspecified atom stereocenters. The van der Waals surface area contributed by atoms with E-state index in [9.17, 15) is 18.0 Å².